The van der Waals surface area contributed by atoms with Crippen LogP contribution < -0.4 is 16.0 Å². The lowest BCUT2D eigenvalue weighted by atomic mass is 10.0. The maximum Gasteiger partial charge on any atom is 0.237 e. The first-order valence-corrected chi connectivity index (χ1v) is 8.38. The van der Waals surface area contributed by atoms with E-state index in [0.29, 0.717) is 12.3 Å². The van der Waals surface area contributed by atoms with E-state index in [-0.39, 0.29) is 11.9 Å². The van der Waals surface area contributed by atoms with E-state index in [9.17, 15) is 4.79 Å². The van der Waals surface area contributed by atoms with E-state index < -0.39 is 6.04 Å². The average molecular weight is 303 g/mol. The Labute approximate surface area is 134 Å². The van der Waals surface area contributed by atoms with Gasteiger partial charge < -0.3 is 16.0 Å². The van der Waals surface area contributed by atoms with Gasteiger partial charge in [-0.3, -0.25) is 4.79 Å². The lowest BCUT2D eigenvalue weighted by Gasteiger charge is -2.22. The number of nitrogens with zero attached hydrogens (tertiary/aromatic N) is 1. The number of hydrogen-bond donors (Lipinski definition) is 2. The normalized spacial score (nSPS) is 17.6. The highest BCUT2D eigenvalue weighted by molar-refractivity contribution is 5.81. The highest BCUT2D eigenvalue weighted by Crippen LogP contribution is 2.24. The van der Waals surface area contributed by atoms with Gasteiger partial charge in [-0.1, -0.05) is 26.0 Å². The fourth-order valence-corrected chi connectivity index (χ4v) is 2.98. The Morgan fingerprint density at radius 2 is 1.95 bits per heavy atom. The highest BCUT2D eigenvalue weighted by Gasteiger charge is 2.18. The first-order chi connectivity index (χ1) is 10.5. The molecule has 0 radical (unpaired) electrons. The molecule has 3 N–H and O–H groups in total. The van der Waals surface area contributed by atoms with Crippen molar-refractivity contribution in [2.24, 2.45) is 11.7 Å². The van der Waals surface area contributed by atoms with Crippen LogP contribution in [0.15, 0.2) is 24.3 Å². The van der Waals surface area contributed by atoms with Gasteiger partial charge in [0.25, 0.3) is 0 Å². The van der Waals surface area contributed by atoms with Gasteiger partial charge in [-0.15, -0.1) is 0 Å². The lowest BCUT2D eigenvalue weighted by molar-refractivity contribution is -0.123. The van der Waals surface area contributed by atoms with Crippen LogP contribution >= 0.6 is 0 Å². The van der Waals surface area contributed by atoms with Crippen LogP contribution in [0.5, 0.6) is 0 Å². The van der Waals surface area contributed by atoms with E-state index in [2.05, 4.69) is 48.3 Å². The predicted molar refractivity (Wildman–Crippen MR) is 91.9 cm³/mol. The third-order valence-corrected chi connectivity index (χ3v) is 4.26. The first kappa shape index (κ1) is 16.8. The standard InChI is InChI=1S/C18H29N3O/c1-13(2)11-17(19)18(22)20-14(3)15-7-6-8-16(12-15)21-9-4-5-10-21/h6-8,12-14,17H,4-5,9-11,19H2,1-3H3,(H,20,22)/t14?,17-/m0/s1. The summed E-state index contributed by atoms with van der Waals surface area (Å²) in [6.07, 6.45) is 3.24. The largest absolute Gasteiger partial charge is 0.372 e. The number of nitrogens with one attached hydrogen (secondary N) is 1. The van der Waals surface area contributed by atoms with Crippen LogP contribution in [0, 0.1) is 5.92 Å². The topological polar surface area (TPSA) is 58.4 Å². The van der Waals surface area contributed by atoms with Crippen molar-refractivity contribution in [3.8, 4) is 0 Å². The number of nitrogens with two attached hydrogens (primary N) is 1. The molecule has 2 rings (SSSR count). The number of anilines is 1. The summed E-state index contributed by atoms with van der Waals surface area (Å²) < 4.78 is 0. The molecular weight excluding hydrogens is 274 g/mol. The molecule has 0 aliphatic carbocycles. The van der Waals surface area contributed by atoms with E-state index in [1.165, 1.54) is 18.5 Å². The predicted octanol–water partition coefficient (Wildman–Crippen LogP) is 2.84. The number of hydrogen-bond acceptors (Lipinski definition) is 3. The number of carbonyl (C=O) groups excluding carboxylic acids is 1. The maximum absolute atomic E-state index is 12.2. The molecule has 1 aliphatic heterocycles. The molecule has 4 nitrogen and oxygen atoms in total. The van der Waals surface area contributed by atoms with E-state index in [4.69, 9.17) is 5.73 Å². The van der Waals surface area contributed by atoms with Crippen LogP contribution in [0.4, 0.5) is 5.69 Å². The summed E-state index contributed by atoms with van der Waals surface area (Å²) in [5.41, 5.74) is 8.34. The summed E-state index contributed by atoms with van der Waals surface area (Å²) in [7, 11) is 0. The second-order valence-corrected chi connectivity index (χ2v) is 6.76. The lowest BCUT2D eigenvalue weighted by Crippen LogP contribution is -2.42. The molecule has 0 saturated carbocycles. The molecule has 1 saturated heterocycles. The van der Waals surface area contributed by atoms with Gasteiger partial charge in [0.15, 0.2) is 0 Å². The van der Waals surface area contributed by atoms with Gasteiger partial charge in [-0.25, -0.2) is 0 Å². The van der Waals surface area contributed by atoms with Gasteiger partial charge >= 0.3 is 0 Å². The molecule has 0 spiro atoms. The molecule has 1 aromatic rings. The van der Waals surface area contributed by atoms with E-state index in [1.54, 1.807) is 0 Å². The van der Waals surface area contributed by atoms with Crippen LogP contribution in [0.1, 0.15) is 51.6 Å². The van der Waals surface area contributed by atoms with Gasteiger partial charge in [0.05, 0.1) is 12.1 Å². The van der Waals surface area contributed by atoms with Crippen LogP contribution in [-0.2, 0) is 4.79 Å². The van der Waals surface area contributed by atoms with Gasteiger partial charge in [0.1, 0.15) is 0 Å². The van der Waals surface area contributed by atoms with Crippen molar-refractivity contribution in [3.63, 3.8) is 0 Å². The monoisotopic (exact) mass is 303 g/mol. The van der Waals surface area contributed by atoms with Gasteiger partial charge in [-0.05, 0) is 49.8 Å². The smallest absolute Gasteiger partial charge is 0.237 e. The van der Waals surface area contributed by atoms with Crippen molar-refractivity contribution in [2.75, 3.05) is 18.0 Å². The van der Waals surface area contributed by atoms with Crippen molar-refractivity contribution in [1.82, 2.24) is 5.32 Å². The minimum Gasteiger partial charge on any atom is -0.372 e. The van der Waals surface area contributed by atoms with E-state index in [0.717, 1.165) is 18.7 Å². The summed E-state index contributed by atoms with van der Waals surface area (Å²) in [6.45, 7) is 8.43. The van der Waals surface area contributed by atoms with Crippen LogP contribution in [0.25, 0.3) is 0 Å². The fourth-order valence-electron chi connectivity index (χ4n) is 2.98. The fraction of sp³-hybridized carbons (Fsp3) is 0.611. The SMILES string of the molecule is CC(C)C[C@H](N)C(=O)NC(C)c1cccc(N2CCCC2)c1. The van der Waals surface area contributed by atoms with Crippen molar-refractivity contribution in [1.29, 1.82) is 0 Å². The van der Waals surface area contributed by atoms with Crippen molar-refractivity contribution < 1.29 is 4.79 Å². The Morgan fingerprint density at radius 1 is 1.27 bits per heavy atom. The van der Waals surface area contributed by atoms with Gasteiger partial charge in [-0.2, -0.15) is 0 Å². The Morgan fingerprint density at radius 3 is 2.59 bits per heavy atom. The Hall–Kier alpha value is -1.55. The summed E-state index contributed by atoms with van der Waals surface area (Å²) >= 11 is 0. The molecule has 1 unspecified atom stereocenters. The van der Waals surface area contributed by atoms with Crippen LogP contribution in [-0.4, -0.2) is 25.0 Å². The molecule has 0 aromatic heterocycles. The number of benzene rings is 1. The molecule has 1 aliphatic rings. The number of rotatable bonds is 6. The van der Waals surface area contributed by atoms with Gasteiger partial charge in [0.2, 0.25) is 5.91 Å². The highest BCUT2D eigenvalue weighted by atomic mass is 16.2. The summed E-state index contributed by atoms with van der Waals surface area (Å²) in [4.78, 5) is 14.6. The Balaban J connectivity index is 1.98. The third kappa shape index (κ3) is 4.47. The third-order valence-electron chi connectivity index (χ3n) is 4.26. The first-order valence-electron chi connectivity index (χ1n) is 8.38. The number of amides is 1. The Kier molecular flexibility index (Phi) is 5.83. The minimum atomic E-state index is -0.427. The summed E-state index contributed by atoms with van der Waals surface area (Å²) in [5.74, 6) is 0.363. The Bertz CT molecular complexity index is 495. The van der Waals surface area contributed by atoms with Crippen molar-refractivity contribution in [3.05, 3.63) is 29.8 Å². The molecule has 1 fully saturated rings. The zero-order chi connectivity index (χ0) is 16.1. The quantitative estimate of drug-likeness (QED) is 0.849. The summed E-state index contributed by atoms with van der Waals surface area (Å²) in [5, 5.41) is 3.04. The molecule has 122 valence electrons. The molecule has 2 atom stereocenters. The second kappa shape index (κ2) is 7.63. The molecule has 22 heavy (non-hydrogen) atoms. The molecule has 1 aromatic carbocycles. The number of carbonyl (C=O) groups is 1. The van der Waals surface area contributed by atoms with Crippen molar-refractivity contribution in [2.45, 2.75) is 52.1 Å². The zero-order valence-corrected chi connectivity index (χ0v) is 14.0. The molecule has 4 heteroatoms. The molecule has 0 bridgehead atoms. The minimum absolute atomic E-state index is 0.0201. The average Bonchev–Trinajstić information content (AvgIpc) is 3.00. The summed E-state index contributed by atoms with van der Waals surface area (Å²) in [6, 6.07) is 8.02. The van der Waals surface area contributed by atoms with E-state index >= 15 is 0 Å². The second-order valence-electron chi connectivity index (χ2n) is 6.76. The molecular formula is C18H29N3O. The zero-order valence-electron chi connectivity index (χ0n) is 14.0. The van der Waals surface area contributed by atoms with Crippen molar-refractivity contribution >= 4 is 11.6 Å². The van der Waals surface area contributed by atoms with Gasteiger partial charge in [0, 0.05) is 18.8 Å². The van der Waals surface area contributed by atoms with Crippen LogP contribution in [0.3, 0.4) is 0 Å². The van der Waals surface area contributed by atoms with E-state index in [1.807, 2.05) is 6.92 Å². The molecule has 1 heterocycles. The maximum atomic E-state index is 12.2. The molecule has 1 amide bonds. The van der Waals surface area contributed by atoms with Crippen LogP contribution in [0.2, 0.25) is 0 Å².